The standard InChI is InChI=1S/C20H21N3O2S/c1-14-7-5-6-10-16(14)22-18(24)13-17-19(25)23-20(26-17)21-12-11-15-8-3-2-4-9-15/h2-10,17H,11-13H2,1H3,(H,22,24)(H,21,23,25)/t17-/m1/s1. The van der Waals surface area contributed by atoms with Gasteiger partial charge in [0.25, 0.3) is 0 Å². The Kier molecular flexibility index (Phi) is 6.07. The number of rotatable bonds is 6. The summed E-state index contributed by atoms with van der Waals surface area (Å²) in [5, 5.41) is 5.79. The van der Waals surface area contributed by atoms with Crippen molar-refractivity contribution < 1.29 is 9.59 Å². The number of amidine groups is 1. The Bertz CT molecular complexity index is 821. The number of carbonyl (C=O) groups excluding carboxylic acids is 2. The fraction of sp³-hybridized carbons (Fsp3) is 0.250. The molecular weight excluding hydrogens is 346 g/mol. The highest BCUT2D eigenvalue weighted by Crippen LogP contribution is 2.23. The summed E-state index contributed by atoms with van der Waals surface area (Å²) in [6.45, 7) is 2.54. The molecule has 1 saturated heterocycles. The number of anilines is 1. The second-order valence-corrected chi connectivity index (χ2v) is 7.28. The molecule has 5 nitrogen and oxygen atoms in total. The number of nitrogens with one attached hydrogen (secondary N) is 2. The summed E-state index contributed by atoms with van der Waals surface area (Å²) in [5.74, 6) is -0.328. The highest BCUT2D eigenvalue weighted by atomic mass is 32.2. The first kappa shape index (κ1) is 18.2. The second kappa shape index (κ2) is 8.67. The molecule has 0 spiro atoms. The van der Waals surface area contributed by atoms with E-state index in [4.69, 9.17) is 0 Å². The fourth-order valence-electron chi connectivity index (χ4n) is 2.63. The Labute approximate surface area is 157 Å². The number of aryl methyl sites for hydroxylation is 1. The number of hydrogen-bond acceptors (Lipinski definition) is 4. The van der Waals surface area contributed by atoms with E-state index in [1.807, 2.05) is 49.4 Å². The van der Waals surface area contributed by atoms with Crippen molar-refractivity contribution in [1.82, 2.24) is 5.32 Å². The van der Waals surface area contributed by atoms with Gasteiger partial charge in [0.15, 0.2) is 5.17 Å². The molecular formula is C20H21N3O2S. The van der Waals surface area contributed by atoms with Crippen molar-refractivity contribution in [2.75, 3.05) is 11.9 Å². The van der Waals surface area contributed by atoms with E-state index in [0.717, 1.165) is 17.7 Å². The summed E-state index contributed by atoms with van der Waals surface area (Å²) < 4.78 is 0. The molecule has 26 heavy (non-hydrogen) atoms. The van der Waals surface area contributed by atoms with Crippen LogP contribution in [0.4, 0.5) is 5.69 Å². The van der Waals surface area contributed by atoms with Crippen LogP contribution in [0.15, 0.2) is 59.6 Å². The van der Waals surface area contributed by atoms with E-state index >= 15 is 0 Å². The number of carbonyl (C=O) groups is 2. The molecule has 1 fully saturated rings. The van der Waals surface area contributed by atoms with Crippen LogP contribution >= 0.6 is 11.8 Å². The summed E-state index contributed by atoms with van der Waals surface area (Å²) in [5.41, 5.74) is 2.98. The Morgan fingerprint density at radius 3 is 2.65 bits per heavy atom. The normalized spacial score (nSPS) is 18.0. The van der Waals surface area contributed by atoms with Gasteiger partial charge in [0.2, 0.25) is 11.8 Å². The van der Waals surface area contributed by atoms with Crippen molar-refractivity contribution in [3.63, 3.8) is 0 Å². The van der Waals surface area contributed by atoms with E-state index in [9.17, 15) is 9.59 Å². The van der Waals surface area contributed by atoms with Gasteiger partial charge in [-0.1, -0.05) is 60.3 Å². The third kappa shape index (κ3) is 4.95. The summed E-state index contributed by atoms with van der Waals surface area (Å²) in [4.78, 5) is 28.7. The number of hydrogen-bond donors (Lipinski definition) is 2. The Balaban J connectivity index is 1.50. The van der Waals surface area contributed by atoms with Crippen LogP contribution < -0.4 is 10.6 Å². The maximum atomic E-state index is 12.2. The summed E-state index contributed by atoms with van der Waals surface area (Å²) in [6.07, 6.45) is 0.946. The zero-order valence-corrected chi connectivity index (χ0v) is 15.4. The molecule has 0 aliphatic carbocycles. The molecule has 0 bridgehead atoms. The average molecular weight is 367 g/mol. The molecule has 2 amide bonds. The van der Waals surface area contributed by atoms with Gasteiger partial charge in [-0.25, -0.2) is 0 Å². The minimum Gasteiger partial charge on any atom is -0.326 e. The summed E-state index contributed by atoms with van der Waals surface area (Å²) in [7, 11) is 0. The van der Waals surface area contributed by atoms with E-state index in [1.54, 1.807) is 0 Å². The number of nitrogens with zero attached hydrogens (tertiary/aromatic N) is 1. The molecule has 1 aliphatic heterocycles. The Morgan fingerprint density at radius 2 is 1.88 bits per heavy atom. The van der Waals surface area contributed by atoms with Crippen molar-refractivity contribution in [3.8, 4) is 0 Å². The van der Waals surface area contributed by atoms with Gasteiger partial charge in [-0.15, -0.1) is 0 Å². The predicted molar refractivity (Wildman–Crippen MR) is 106 cm³/mol. The zero-order chi connectivity index (χ0) is 18.4. The molecule has 6 heteroatoms. The zero-order valence-electron chi connectivity index (χ0n) is 14.6. The molecule has 134 valence electrons. The smallest absolute Gasteiger partial charge is 0.240 e. The highest BCUT2D eigenvalue weighted by Gasteiger charge is 2.31. The fourth-order valence-corrected chi connectivity index (χ4v) is 3.62. The van der Waals surface area contributed by atoms with Crippen LogP contribution in [0.1, 0.15) is 17.5 Å². The first-order valence-corrected chi connectivity index (χ1v) is 9.41. The molecule has 3 rings (SSSR count). The third-order valence-electron chi connectivity index (χ3n) is 4.07. The van der Waals surface area contributed by atoms with Gasteiger partial charge in [0.05, 0.1) is 0 Å². The lowest BCUT2D eigenvalue weighted by molar-refractivity contribution is -0.122. The second-order valence-electron chi connectivity index (χ2n) is 6.09. The number of para-hydroxylation sites is 1. The third-order valence-corrected chi connectivity index (χ3v) is 5.18. The van der Waals surface area contributed by atoms with Gasteiger partial charge in [-0.05, 0) is 30.5 Å². The van der Waals surface area contributed by atoms with Crippen LogP contribution in [0.5, 0.6) is 0 Å². The SMILES string of the molecule is Cc1ccccc1NC(=O)C[C@H]1SC(=NCCc2ccccc2)NC1=O. The summed E-state index contributed by atoms with van der Waals surface area (Å²) >= 11 is 1.33. The number of thioether (sulfide) groups is 1. The van der Waals surface area contributed by atoms with Crippen molar-refractivity contribution in [2.45, 2.75) is 25.0 Å². The number of amides is 2. The lowest BCUT2D eigenvalue weighted by atomic mass is 10.2. The number of benzene rings is 2. The molecule has 0 radical (unpaired) electrons. The topological polar surface area (TPSA) is 70.6 Å². The monoisotopic (exact) mass is 367 g/mol. The number of aliphatic imine (C=N–C) groups is 1. The maximum Gasteiger partial charge on any atom is 0.240 e. The molecule has 1 heterocycles. The average Bonchev–Trinajstić information content (AvgIpc) is 2.97. The van der Waals surface area contributed by atoms with Gasteiger partial charge in [-0.2, -0.15) is 0 Å². The minimum atomic E-state index is -0.436. The summed E-state index contributed by atoms with van der Waals surface area (Å²) in [6, 6.07) is 17.7. The van der Waals surface area contributed by atoms with E-state index in [-0.39, 0.29) is 18.2 Å². The van der Waals surface area contributed by atoms with Gasteiger partial charge < -0.3 is 10.6 Å². The molecule has 0 saturated carbocycles. The van der Waals surface area contributed by atoms with Gasteiger partial charge in [0, 0.05) is 18.7 Å². The van der Waals surface area contributed by atoms with Crippen LogP contribution in [-0.2, 0) is 16.0 Å². The maximum absolute atomic E-state index is 12.2. The quantitative estimate of drug-likeness (QED) is 0.824. The van der Waals surface area contributed by atoms with Crippen LogP contribution in [0, 0.1) is 6.92 Å². The van der Waals surface area contributed by atoms with Gasteiger partial charge in [-0.3, -0.25) is 14.6 Å². The molecule has 1 atom stereocenters. The minimum absolute atomic E-state index is 0.128. The first-order chi connectivity index (χ1) is 12.6. The Hall–Kier alpha value is -2.60. The van der Waals surface area contributed by atoms with Crippen molar-refractivity contribution in [2.24, 2.45) is 4.99 Å². The van der Waals surface area contributed by atoms with Crippen LogP contribution in [0.25, 0.3) is 0 Å². The van der Waals surface area contributed by atoms with Crippen molar-refractivity contribution in [3.05, 3.63) is 65.7 Å². The van der Waals surface area contributed by atoms with E-state index in [0.29, 0.717) is 11.7 Å². The molecule has 2 aromatic rings. The molecule has 0 unspecified atom stereocenters. The molecule has 2 N–H and O–H groups in total. The lowest BCUT2D eigenvalue weighted by Gasteiger charge is -2.09. The molecule has 0 aromatic heterocycles. The Morgan fingerprint density at radius 1 is 1.15 bits per heavy atom. The molecule has 2 aromatic carbocycles. The first-order valence-electron chi connectivity index (χ1n) is 8.53. The van der Waals surface area contributed by atoms with Crippen molar-refractivity contribution >= 4 is 34.4 Å². The van der Waals surface area contributed by atoms with E-state index < -0.39 is 5.25 Å². The van der Waals surface area contributed by atoms with E-state index in [2.05, 4.69) is 27.8 Å². The van der Waals surface area contributed by atoms with Crippen molar-refractivity contribution in [1.29, 1.82) is 0 Å². The van der Waals surface area contributed by atoms with Gasteiger partial charge >= 0.3 is 0 Å². The predicted octanol–water partition coefficient (Wildman–Crippen LogP) is 3.15. The van der Waals surface area contributed by atoms with Gasteiger partial charge in [0.1, 0.15) is 5.25 Å². The largest absolute Gasteiger partial charge is 0.326 e. The van der Waals surface area contributed by atoms with E-state index in [1.165, 1.54) is 17.3 Å². The van der Waals surface area contributed by atoms with Crippen LogP contribution in [-0.4, -0.2) is 28.8 Å². The highest BCUT2D eigenvalue weighted by molar-refractivity contribution is 8.15. The van der Waals surface area contributed by atoms with Crippen LogP contribution in [0.2, 0.25) is 0 Å². The lowest BCUT2D eigenvalue weighted by Crippen LogP contribution is -2.28. The van der Waals surface area contributed by atoms with Crippen LogP contribution in [0.3, 0.4) is 0 Å². The molecule has 1 aliphatic rings.